The molecule has 4 rings (SSSR count). The van der Waals surface area contributed by atoms with Gasteiger partial charge in [0.25, 0.3) is 5.91 Å². The SMILES string of the molecule is C=CCN(CC=C)S(=O)(=O)c1ccc(C(=O)N(CCN(CC)CC)c2nc3cc4c(cc3s2)OCO4)cc1.Cl. The monoisotopic (exact) mass is 592 g/mol. The minimum atomic E-state index is -3.77. The Hall–Kier alpha value is -2.96. The van der Waals surface area contributed by atoms with Crippen molar-refractivity contribution in [2.75, 3.05) is 51.0 Å². The highest BCUT2D eigenvalue weighted by Crippen LogP contribution is 2.40. The highest BCUT2D eigenvalue weighted by molar-refractivity contribution is 7.89. The molecule has 0 unspecified atom stereocenters. The molecule has 1 aliphatic heterocycles. The first-order chi connectivity index (χ1) is 18.3. The van der Waals surface area contributed by atoms with Gasteiger partial charge in [-0.3, -0.25) is 9.69 Å². The molecule has 0 saturated heterocycles. The first kappa shape index (κ1) is 30.6. The number of amides is 1. The maximum atomic E-state index is 13.8. The van der Waals surface area contributed by atoms with Gasteiger partial charge in [-0.2, -0.15) is 4.31 Å². The summed E-state index contributed by atoms with van der Waals surface area (Å²) in [6, 6.07) is 9.71. The van der Waals surface area contributed by atoms with Crippen molar-refractivity contribution >= 4 is 55.0 Å². The summed E-state index contributed by atoms with van der Waals surface area (Å²) in [5, 5.41) is 0.556. The second-order valence-electron chi connectivity index (χ2n) is 8.58. The van der Waals surface area contributed by atoms with E-state index < -0.39 is 10.0 Å². The first-order valence-corrected chi connectivity index (χ1v) is 14.6. The molecule has 0 fully saturated rings. The lowest BCUT2D eigenvalue weighted by Gasteiger charge is -2.25. The summed E-state index contributed by atoms with van der Waals surface area (Å²) in [5.41, 5.74) is 1.09. The molecule has 12 heteroatoms. The summed E-state index contributed by atoms with van der Waals surface area (Å²) in [7, 11) is -3.77. The molecule has 1 aromatic heterocycles. The Morgan fingerprint density at radius 3 is 2.23 bits per heavy atom. The van der Waals surface area contributed by atoms with Gasteiger partial charge in [-0.05, 0) is 37.4 Å². The standard InChI is InChI=1S/C27H32N4O5S2.ClH/c1-5-13-30(14-6-2)38(33,34)21-11-9-20(10-12-21)26(32)31(16-15-29(7-3)8-4)27-28-22-17-23-24(36-19-35-23)18-25(22)37-27;/h5-6,9-12,17-18H,1-2,7-8,13-16,19H2,3-4H3;1H. The molecule has 2 aromatic carbocycles. The van der Waals surface area contributed by atoms with Gasteiger partial charge in [-0.25, -0.2) is 13.4 Å². The van der Waals surface area contributed by atoms with E-state index in [4.69, 9.17) is 14.5 Å². The molecule has 210 valence electrons. The number of likely N-dealkylation sites (N-methyl/N-ethyl adjacent to an activating group) is 1. The van der Waals surface area contributed by atoms with Gasteiger partial charge < -0.3 is 14.4 Å². The zero-order valence-electron chi connectivity index (χ0n) is 22.0. The number of carbonyl (C=O) groups excluding carboxylic acids is 1. The zero-order chi connectivity index (χ0) is 27.3. The highest BCUT2D eigenvalue weighted by atomic mass is 35.5. The van der Waals surface area contributed by atoms with Crippen LogP contribution in [0.25, 0.3) is 10.2 Å². The highest BCUT2D eigenvalue weighted by Gasteiger charge is 2.26. The van der Waals surface area contributed by atoms with E-state index in [1.165, 1.54) is 39.9 Å². The van der Waals surface area contributed by atoms with Crippen LogP contribution in [0.15, 0.2) is 66.6 Å². The third-order valence-electron chi connectivity index (χ3n) is 6.29. The van der Waals surface area contributed by atoms with E-state index in [0.717, 1.165) is 23.3 Å². The Kier molecular flexibility index (Phi) is 10.5. The van der Waals surface area contributed by atoms with Crippen LogP contribution in [0.4, 0.5) is 5.13 Å². The van der Waals surface area contributed by atoms with Crippen LogP contribution >= 0.6 is 23.7 Å². The minimum absolute atomic E-state index is 0. The van der Waals surface area contributed by atoms with E-state index in [0.29, 0.717) is 35.3 Å². The molecular weight excluding hydrogens is 560 g/mol. The molecule has 0 atom stereocenters. The molecule has 0 aliphatic carbocycles. The summed E-state index contributed by atoms with van der Waals surface area (Å²) in [4.78, 5) is 22.5. The predicted octanol–water partition coefficient (Wildman–Crippen LogP) is 4.80. The molecule has 0 saturated carbocycles. The topological polar surface area (TPSA) is 92.3 Å². The smallest absolute Gasteiger partial charge is 0.260 e. The molecule has 0 N–H and O–H groups in total. The maximum absolute atomic E-state index is 13.8. The second-order valence-corrected chi connectivity index (χ2v) is 11.5. The maximum Gasteiger partial charge on any atom is 0.260 e. The number of carbonyl (C=O) groups is 1. The van der Waals surface area contributed by atoms with Crippen LogP contribution in [-0.2, 0) is 10.0 Å². The summed E-state index contributed by atoms with van der Waals surface area (Å²) in [6.07, 6.45) is 3.05. The van der Waals surface area contributed by atoms with Crippen LogP contribution in [0, 0.1) is 0 Å². The number of nitrogens with zero attached hydrogens (tertiary/aromatic N) is 4. The van der Waals surface area contributed by atoms with Crippen molar-refractivity contribution in [2.45, 2.75) is 18.7 Å². The van der Waals surface area contributed by atoms with Crippen molar-refractivity contribution in [3.05, 3.63) is 67.3 Å². The van der Waals surface area contributed by atoms with Crippen LogP contribution in [0.5, 0.6) is 11.5 Å². The van der Waals surface area contributed by atoms with Crippen molar-refractivity contribution in [1.82, 2.24) is 14.2 Å². The number of benzene rings is 2. The number of hydrogen-bond donors (Lipinski definition) is 0. The summed E-state index contributed by atoms with van der Waals surface area (Å²) < 4.78 is 39.3. The third kappa shape index (κ3) is 6.62. The van der Waals surface area contributed by atoms with Gasteiger partial charge >= 0.3 is 0 Å². The number of halogens is 1. The number of anilines is 1. The van der Waals surface area contributed by atoms with Crippen molar-refractivity contribution in [3.63, 3.8) is 0 Å². The van der Waals surface area contributed by atoms with E-state index >= 15 is 0 Å². The number of thiazole rings is 1. The van der Waals surface area contributed by atoms with Crippen LogP contribution in [-0.4, -0.2) is 74.6 Å². The quantitative estimate of drug-likeness (QED) is 0.263. The average Bonchev–Trinajstić information content (AvgIpc) is 3.55. The van der Waals surface area contributed by atoms with E-state index in [1.54, 1.807) is 17.0 Å². The number of rotatable bonds is 13. The number of ether oxygens (including phenoxy) is 2. The molecule has 3 aromatic rings. The Morgan fingerprint density at radius 2 is 1.64 bits per heavy atom. The minimum Gasteiger partial charge on any atom is -0.454 e. The zero-order valence-corrected chi connectivity index (χ0v) is 24.5. The van der Waals surface area contributed by atoms with Crippen molar-refractivity contribution in [1.29, 1.82) is 0 Å². The predicted molar refractivity (Wildman–Crippen MR) is 158 cm³/mol. The summed E-state index contributed by atoms with van der Waals surface area (Å²) >= 11 is 1.40. The van der Waals surface area contributed by atoms with Crippen molar-refractivity contribution in [2.24, 2.45) is 0 Å². The lowest BCUT2D eigenvalue weighted by molar-refractivity contribution is 0.0983. The van der Waals surface area contributed by atoms with Gasteiger partial charge in [0, 0.05) is 43.9 Å². The first-order valence-electron chi connectivity index (χ1n) is 12.4. The summed E-state index contributed by atoms with van der Waals surface area (Å²) in [6.45, 7) is 14.7. The molecule has 1 amide bonds. The van der Waals surface area contributed by atoms with E-state index in [2.05, 4.69) is 31.9 Å². The number of fused-ring (bicyclic) bond motifs is 2. The van der Waals surface area contributed by atoms with Gasteiger partial charge in [-0.15, -0.1) is 25.6 Å². The van der Waals surface area contributed by atoms with E-state index in [1.807, 2.05) is 12.1 Å². The Balaban J connectivity index is 0.00000420. The number of aromatic nitrogens is 1. The van der Waals surface area contributed by atoms with Gasteiger partial charge in [0.1, 0.15) is 0 Å². The molecular formula is C27H33ClN4O5S2. The van der Waals surface area contributed by atoms with Gasteiger partial charge in [0.2, 0.25) is 16.8 Å². The largest absolute Gasteiger partial charge is 0.454 e. The molecule has 0 bridgehead atoms. The van der Waals surface area contributed by atoms with Crippen LogP contribution in [0.1, 0.15) is 24.2 Å². The lowest BCUT2D eigenvalue weighted by Crippen LogP contribution is -2.39. The second kappa shape index (κ2) is 13.4. The fourth-order valence-electron chi connectivity index (χ4n) is 4.12. The van der Waals surface area contributed by atoms with E-state index in [9.17, 15) is 13.2 Å². The number of hydrogen-bond acceptors (Lipinski definition) is 8. The molecule has 9 nitrogen and oxygen atoms in total. The molecule has 39 heavy (non-hydrogen) atoms. The molecule has 1 aliphatic rings. The molecule has 0 spiro atoms. The van der Waals surface area contributed by atoms with Crippen molar-refractivity contribution in [3.8, 4) is 11.5 Å². The van der Waals surface area contributed by atoms with Crippen LogP contribution in [0.3, 0.4) is 0 Å². The molecule has 0 radical (unpaired) electrons. The van der Waals surface area contributed by atoms with Gasteiger partial charge in [0.15, 0.2) is 16.6 Å². The van der Waals surface area contributed by atoms with Crippen LogP contribution in [0.2, 0.25) is 0 Å². The van der Waals surface area contributed by atoms with Gasteiger partial charge in [-0.1, -0.05) is 37.3 Å². The lowest BCUT2D eigenvalue weighted by atomic mass is 10.2. The van der Waals surface area contributed by atoms with Gasteiger partial charge in [0.05, 0.1) is 15.1 Å². The normalized spacial score (nSPS) is 12.5. The fourth-order valence-corrected chi connectivity index (χ4v) is 6.50. The summed E-state index contributed by atoms with van der Waals surface area (Å²) in [5.74, 6) is 1.04. The third-order valence-corrected chi connectivity index (χ3v) is 9.17. The Bertz CT molecular complexity index is 1370. The fraction of sp³-hybridized carbons (Fsp3) is 0.333. The van der Waals surface area contributed by atoms with Crippen molar-refractivity contribution < 1.29 is 22.7 Å². The number of sulfonamides is 1. The van der Waals surface area contributed by atoms with E-state index in [-0.39, 0.29) is 43.1 Å². The Labute approximate surface area is 239 Å². The Morgan fingerprint density at radius 1 is 1.03 bits per heavy atom. The average molecular weight is 593 g/mol. The van der Waals surface area contributed by atoms with Crippen LogP contribution < -0.4 is 14.4 Å². The molecule has 2 heterocycles.